The number of fused-ring (bicyclic) bond motifs is 1. The lowest BCUT2D eigenvalue weighted by molar-refractivity contribution is -0.120. The van der Waals surface area contributed by atoms with Crippen LogP contribution in [0.5, 0.6) is 0 Å². The number of nitrogens with zero attached hydrogens (tertiary/aromatic N) is 1. The molecular weight excluding hydrogens is 484 g/mol. The summed E-state index contributed by atoms with van der Waals surface area (Å²) in [5.41, 5.74) is 1.11. The predicted octanol–water partition coefficient (Wildman–Crippen LogP) is 3.65. The smallest absolute Gasteiger partial charge is 0.255 e. The molecular formula is C25H27BrN4O3. The third-order valence-electron chi connectivity index (χ3n) is 5.00. The predicted molar refractivity (Wildman–Crippen MR) is 135 cm³/mol. The van der Waals surface area contributed by atoms with Gasteiger partial charge in [-0.15, -0.1) is 0 Å². The highest BCUT2D eigenvalue weighted by Gasteiger charge is 2.16. The van der Waals surface area contributed by atoms with Crippen molar-refractivity contribution in [2.45, 2.75) is 6.42 Å². The zero-order chi connectivity index (χ0) is 23.8. The third kappa shape index (κ3) is 7.13. The van der Waals surface area contributed by atoms with Crippen molar-refractivity contribution in [1.82, 2.24) is 15.5 Å². The zero-order valence-corrected chi connectivity index (χ0v) is 20.2. The van der Waals surface area contributed by atoms with Crippen molar-refractivity contribution in [3.05, 3.63) is 76.3 Å². The first-order valence-electron chi connectivity index (χ1n) is 10.6. The number of halogens is 1. The van der Waals surface area contributed by atoms with Crippen molar-refractivity contribution in [2.75, 3.05) is 39.0 Å². The Bertz CT molecular complexity index is 1160. The molecule has 3 amide bonds. The van der Waals surface area contributed by atoms with E-state index in [0.717, 1.165) is 23.7 Å². The normalized spacial score (nSPS) is 10.8. The number of benzene rings is 3. The summed E-state index contributed by atoms with van der Waals surface area (Å²) < 4.78 is 0.714. The highest BCUT2D eigenvalue weighted by atomic mass is 79.9. The number of rotatable bonds is 9. The lowest BCUT2D eigenvalue weighted by Gasteiger charge is -2.13. The molecule has 33 heavy (non-hydrogen) atoms. The number of hydrogen-bond acceptors (Lipinski definition) is 4. The largest absolute Gasteiger partial charge is 0.355 e. The summed E-state index contributed by atoms with van der Waals surface area (Å²) >= 11 is 3.38. The lowest BCUT2D eigenvalue weighted by atomic mass is 10.1. The van der Waals surface area contributed by atoms with E-state index >= 15 is 0 Å². The number of anilines is 1. The monoisotopic (exact) mass is 510 g/mol. The third-order valence-corrected chi connectivity index (χ3v) is 5.49. The summed E-state index contributed by atoms with van der Waals surface area (Å²) in [6.07, 6.45) is 0.824. The summed E-state index contributed by atoms with van der Waals surface area (Å²) in [6, 6.07) is 18.2. The quantitative estimate of drug-likeness (QED) is 0.383. The Labute approximate surface area is 201 Å². The molecule has 0 spiro atoms. The molecule has 0 aliphatic carbocycles. The van der Waals surface area contributed by atoms with E-state index < -0.39 is 5.91 Å². The maximum Gasteiger partial charge on any atom is 0.255 e. The molecule has 3 aromatic carbocycles. The van der Waals surface area contributed by atoms with Gasteiger partial charge >= 0.3 is 0 Å². The molecule has 8 heteroatoms. The summed E-state index contributed by atoms with van der Waals surface area (Å²) in [6.45, 7) is 1.26. The molecule has 0 aliphatic rings. The van der Waals surface area contributed by atoms with Gasteiger partial charge in [0.15, 0.2) is 0 Å². The van der Waals surface area contributed by atoms with Crippen LogP contribution >= 0.6 is 15.9 Å². The molecule has 3 aromatic rings. The van der Waals surface area contributed by atoms with Crippen LogP contribution in [0.25, 0.3) is 10.8 Å². The first-order chi connectivity index (χ1) is 15.8. The van der Waals surface area contributed by atoms with E-state index in [2.05, 4.69) is 31.9 Å². The topological polar surface area (TPSA) is 90.5 Å². The number of hydrogen-bond donors (Lipinski definition) is 3. The van der Waals surface area contributed by atoms with Crippen LogP contribution in [-0.4, -0.2) is 56.4 Å². The van der Waals surface area contributed by atoms with Gasteiger partial charge in [-0.05, 0) is 68.2 Å². The van der Waals surface area contributed by atoms with Crippen molar-refractivity contribution in [1.29, 1.82) is 0 Å². The SMILES string of the molecule is CN(C)CCCNC(=O)CNC(=O)c1ccc(Br)cc1NC(=O)c1ccc2ccccc2c1. The van der Waals surface area contributed by atoms with Crippen LogP contribution in [-0.2, 0) is 4.79 Å². The molecule has 172 valence electrons. The van der Waals surface area contributed by atoms with E-state index in [4.69, 9.17) is 0 Å². The van der Waals surface area contributed by atoms with Crippen molar-refractivity contribution in [2.24, 2.45) is 0 Å². The zero-order valence-electron chi connectivity index (χ0n) is 18.7. The van der Waals surface area contributed by atoms with Crippen LogP contribution in [0, 0.1) is 0 Å². The van der Waals surface area contributed by atoms with Gasteiger partial charge in [0.1, 0.15) is 0 Å². The molecule has 0 radical (unpaired) electrons. The molecule has 3 rings (SSSR count). The van der Waals surface area contributed by atoms with E-state index in [1.807, 2.05) is 55.4 Å². The van der Waals surface area contributed by atoms with Crippen molar-refractivity contribution < 1.29 is 14.4 Å². The van der Waals surface area contributed by atoms with Gasteiger partial charge in [-0.25, -0.2) is 0 Å². The van der Waals surface area contributed by atoms with E-state index in [9.17, 15) is 14.4 Å². The van der Waals surface area contributed by atoms with Crippen molar-refractivity contribution in [3.8, 4) is 0 Å². The van der Waals surface area contributed by atoms with Crippen LogP contribution in [0.4, 0.5) is 5.69 Å². The van der Waals surface area contributed by atoms with Gasteiger partial charge in [0, 0.05) is 16.6 Å². The number of amides is 3. The first kappa shape index (κ1) is 24.4. The van der Waals surface area contributed by atoms with Crippen LogP contribution in [0.1, 0.15) is 27.1 Å². The number of carbonyl (C=O) groups is 3. The van der Waals surface area contributed by atoms with Gasteiger partial charge in [0.2, 0.25) is 5.91 Å². The molecule has 0 aliphatic heterocycles. The summed E-state index contributed by atoms with van der Waals surface area (Å²) in [5.74, 6) is -1.03. The highest BCUT2D eigenvalue weighted by molar-refractivity contribution is 9.10. The van der Waals surface area contributed by atoms with Crippen LogP contribution in [0.2, 0.25) is 0 Å². The molecule has 0 atom stereocenters. The van der Waals surface area contributed by atoms with Gasteiger partial charge in [0.05, 0.1) is 17.8 Å². The summed E-state index contributed by atoms with van der Waals surface area (Å²) in [7, 11) is 3.94. The Balaban J connectivity index is 1.64. The second-order valence-electron chi connectivity index (χ2n) is 7.90. The van der Waals surface area contributed by atoms with Crippen molar-refractivity contribution >= 4 is 50.1 Å². The Morgan fingerprint density at radius 2 is 1.64 bits per heavy atom. The Kier molecular flexibility index (Phi) is 8.57. The maximum atomic E-state index is 12.9. The minimum Gasteiger partial charge on any atom is -0.355 e. The maximum absolute atomic E-state index is 12.9. The molecule has 0 aromatic heterocycles. The molecule has 0 unspecified atom stereocenters. The molecule has 0 fully saturated rings. The fourth-order valence-corrected chi connectivity index (χ4v) is 3.65. The van der Waals surface area contributed by atoms with Crippen LogP contribution in [0.3, 0.4) is 0 Å². The van der Waals surface area contributed by atoms with E-state index in [0.29, 0.717) is 22.3 Å². The van der Waals surface area contributed by atoms with Gasteiger partial charge < -0.3 is 20.9 Å². The molecule has 0 saturated carbocycles. The van der Waals surface area contributed by atoms with Gasteiger partial charge in [-0.1, -0.05) is 46.3 Å². The average molecular weight is 511 g/mol. The minimum absolute atomic E-state index is 0.144. The molecule has 0 saturated heterocycles. The van der Waals surface area contributed by atoms with E-state index in [-0.39, 0.29) is 23.9 Å². The van der Waals surface area contributed by atoms with Crippen LogP contribution in [0.15, 0.2) is 65.1 Å². The lowest BCUT2D eigenvalue weighted by Crippen LogP contribution is -2.38. The number of nitrogens with one attached hydrogen (secondary N) is 3. The van der Waals surface area contributed by atoms with Gasteiger partial charge in [0.25, 0.3) is 11.8 Å². The Hall–Kier alpha value is -3.23. The van der Waals surface area contributed by atoms with E-state index in [1.165, 1.54) is 0 Å². The second-order valence-corrected chi connectivity index (χ2v) is 8.81. The second kappa shape index (κ2) is 11.6. The van der Waals surface area contributed by atoms with Crippen LogP contribution < -0.4 is 16.0 Å². The van der Waals surface area contributed by atoms with Gasteiger partial charge in [-0.3, -0.25) is 14.4 Å². The molecule has 3 N–H and O–H groups in total. The molecule has 0 heterocycles. The summed E-state index contributed by atoms with van der Waals surface area (Å²) in [4.78, 5) is 39.7. The average Bonchev–Trinajstić information content (AvgIpc) is 2.80. The fraction of sp³-hybridized carbons (Fsp3) is 0.240. The summed E-state index contributed by atoms with van der Waals surface area (Å²) in [5, 5.41) is 10.2. The minimum atomic E-state index is -0.445. The van der Waals surface area contributed by atoms with Crippen molar-refractivity contribution in [3.63, 3.8) is 0 Å². The Morgan fingerprint density at radius 1 is 0.879 bits per heavy atom. The number of carbonyl (C=O) groups excluding carboxylic acids is 3. The highest BCUT2D eigenvalue weighted by Crippen LogP contribution is 2.23. The molecule has 7 nitrogen and oxygen atoms in total. The standard InChI is InChI=1S/C25H27BrN4O3/c1-30(2)13-5-12-27-23(31)16-28-25(33)21-11-10-20(26)15-22(21)29-24(32)19-9-8-17-6-3-4-7-18(17)14-19/h3-4,6-11,14-15H,5,12-13,16H2,1-2H3,(H,27,31)(H,28,33)(H,29,32). The molecule has 0 bridgehead atoms. The van der Waals surface area contributed by atoms with Gasteiger partial charge in [-0.2, -0.15) is 0 Å². The van der Waals surface area contributed by atoms with E-state index in [1.54, 1.807) is 24.3 Å². The fourth-order valence-electron chi connectivity index (χ4n) is 3.28. The first-order valence-corrected chi connectivity index (χ1v) is 11.4. The Morgan fingerprint density at radius 3 is 2.39 bits per heavy atom.